The number of para-hydroxylation sites is 2. The second kappa shape index (κ2) is 7.98. The average Bonchev–Trinajstić information content (AvgIpc) is 3.31. The monoisotopic (exact) mass is 376 g/mol. The van der Waals surface area contributed by atoms with Gasteiger partial charge in [0.2, 0.25) is 5.91 Å². The molecule has 2 aromatic heterocycles. The van der Waals surface area contributed by atoms with Crippen molar-refractivity contribution in [3.8, 4) is 0 Å². The lowest BCUT2D eigenvalue weighted by molar-refractivity contribution is -0.120. The zero-order valence-electron chi connectivity index (χ0n) is 14.5. The number of alkyl halides is 2. The zero-order valence-corrected chi connectivity index (χ0v) is 14.5. The van der Waals surface area contributed by atoms with Gasteiger partial charge < -0.3 is 15.1 Å². The zero-order chi connectivity index (χ0) is 19.4. The van der Waals surface area contributed by atoms with E-state index in [0.717, 1.165) is 4.57 Å². The first-order chi connectivity index (χ1) is 13.0. The fraction of sp³-hybridized carbons (Fsp3) is 0.278. The number of aromatic nitrogens is 2. The Kier molecular flexibility index (Phi) is 5.49. The van der Waals surface area contributed by atoms with Crippen LogP contribution in [0.3, 0.4) is 0 Å². The summed E-state index contributed by atoms with van der Waals surface area (Å²) in [6.07, 6.45) is 1.35. The van der Waals surface area contributed by atoms with Crippen LogP contribution in [0.1, 0.15) is 35.8 Å². The van der Waals surface area contributed by atoms with Gasteiger partial charge in [0.25, 0.3) is 5.91 Å². The van der Waals surface area contributed by atoms with Crippen LogP contribution in [0.5, 0.6) is 0 Å². The molecule has 9 heteroatoms. The van der Waals surface area contributed by atoms with Crippen LogP contribution in [0.2, 0.25) is 0 Å². The predicted molar refractivity (Wildman–Crippen MR) is 93.5 cm³/mol. The number of amides is 2. The Labute approximate surface area is 153 Å². The van der Waals surface area contributed by atoms with Crippen molar-refractivity contribution < 1.29 is 22.8 Å². The van der Waals surface area contributed by atoms with E-state index in [1.54, 1.807) is 37.3 Å². The molecule has 0 saturated carbocycles. The third-order valence-corrected chi connectivity index (χ3v) is 4.02. The Hall–Kier alpha value is -3.23. The summed E-state index contributed by atoms with van der Waals surface area (Å²) in [5.41, 5.74) is 0.808. The lowest BCUT2D eigenvalue weighted by Gasteiger charge is -2.15. The van der Waals surface area contributed by atoms with Crippen LogP contribution in [0.4, 0.5) is 8.78 Å². The van der Waals surface area contributed by atoms with Gasteiger partial charge >= 0.3 is 6.55 Å². The van der Waals surface area contributed by atoms with Crippen LogP contribution in [0, 0.1) is 0 Å². The number of fused-ring (bicyclic) bond motifs is 1. The van der Waals surface area contributed by atoms with Crippen LogP contribution in [0.15, 0.2) is 47.1 Å². The molecule has 0 fully saturated rings. The summed E-state index contributed by atoms with van der Waals surface area (Å²) in [5.74, 6) is -1.12. The van der Waals surface area contributed by atoms with Crippen LogP contribution in [-0.2, 0) is 4.79 Å². The molecule has 2 heterocycles. The number of furan rings is 1. The maximum atomic E-state index is 13.5. The van der Waals surface area contributed by atoms with Crippen LogP contribution >= 0.6 is 0 Å². The molecule has 1 aromatic carbocycles. The molecule has 0 saturated heterocycles. The van der Waals surface area contributed by atoms with E-state index in [1.165, 1.54) is 12.3 Å². The standard InChI is InChI=1S/C18H18F2N4O3/c1-11(9-21-15(25)10-22-17(26)14-7-4-8-27-14)16-23-12-5-2-3-6-13(12)24(16)18(19)20/h2-8,11,18H,9-10H2,1H3,(H,21,25)(H,22,26)/t11-/m0/s1. The molecule has 0 aliphatic heterocycles. The van der Waals surface area contributed by atoms with Crippen molar-refractivity contribution in [1.29, 1.82) is 0 Å². The minimum Gasteiger partial charge on any atom is -0.459 e. The third kappa shape index (κ3) is 4.13. The molecule has 2 amide bonds. The quantitative estimate of drug-likeness (QED) is 0.664. The molecule has 0 unspecified atom stereocenters. The Morgan fingerprint density at radius 2 is 1.96 bits per heavy atom. The number of hydrogen-bond donors (Lipinski definition) is 2. The van der Waals surface area contributed by atoms with Gasteiger partial charge in [-0.3, -0.25) is 14.2 Å². The van der Waals surface area contributed by atoms with Crippen molar-refractivity contribution in [2.75, 3.05) is 13.1 Å². The van der Waals surface area contributed by atoms with Gasteiger partial charge in [-0.25, -0.2) is 4.98 Å². The molecule has 27 heavy (non-hydrogen) atoms. The molecule has 0 bridgehead atoms. The first kappa shape index (κ1) is 18.6. The Balaban J connectivity index is 1.60. The number of hydrogen-bond acceptors (Lipinski definition) is 4. The molecule has 142 valence electrons. The third-order valence-electron chi connectivity index (χ3n) is 4.02. The summed E-state index contributed by atoms with van der Waals surface area (Å²) in [6.45, 7) is -1.19. The number of nitrogens with zero attached hydrogens (tertiary/aromatic N) is 2. The molecule has 0 aliphatic rings. The van der Waals surface area contributed by atoms with Gasteiger partial charge in [-0.2, -0.15) is 8.78 Å². The van der Waals surface area contributed by atoms with Crippen LogP contribution in [-0.4, -0.2) is 34.5 Å². The number of nitrogens with one attached hydrogen (secondary N) is 2. The fourth-order valence-corrected chi connectivity index (χ4v) is 2.69. The maximum absolute atomic E-state index is 13.5. The minimum absolute atomic E-state index is 0.0989. The summed E-state index contributed by atoms with van der Waals surface area (Å²) >= 11 is 0. The van der Waals surface area contributed by atoms with E-state index in [9.17, 15) is 18.4 Å². The predicted octanol–water partition coefficient (Wildman–Crippen LogP) is 2.67. The molecule has 2 N–H and O–H groups in total. The van der Waals surface area contributed by atoms with Crippen LogP contribution < -0.4 is 10.6 Å². The second-order valence-electron chi connectivity index (χ2n) is 5.97. The molecule has 3 aromatic rings. The molecular weight excluding hydrogens is 358 g/mol. The van der Waals surface area contributed by atoms with E-state index in [1.807, 2.05) is 0 Å². The summed E-state index contributed by atoms with van der Waals surface area (Å²) in [5, 5.41) is 5.02. The average molecular weight is 376 g/mol. The topological polar surface area (TPSA) is 89.2 Å². The Morgan fingerprint density at radius 3 is 2.67 bits per heavy atom. The van der Waals surface area contributed by atoms with E-state index >= 15 is 0 Å². The van der Waals surface area contributed by atoms with Gasteiger partial charge in [0.05, 0.1) is 23.8 Å². The first-order valence-electron chi connectivity index (χ1n) is 8.30. The van der Waals surface area contributed by atoms with Crippen molar-refractivity contribution >= 4 is 22.8 Å². The highest BCUT2D eigenvalue weighted by Crippen LogP contribution is 2.27. The molecule has 3 rings (SSSR count). The number of halogens is 2. The number of benzene rings is 1. The van der Waals surface area contributed by atoms with E-state index in [-0.39, 0.29) is 24.7 Å². The van der Waals surface area contributed by atoms with Crippen molar-refractivity contribution in [2.24, 2.45) is 0 Å². The molecule has 0 aliphatic carbocycles. The first-order valence-corrected chi connectivity index (χ1v) is 8.30. The number of rotatable bonds is 7. The largest absolute Gasteiger partial charge is 0.459 e. The highest BCUT2D eigenvalue weighted by atomic mass is 19.3. The summed E-state index contributed by atoms with van der Waals surface area (Å²) in [7, 11) is 0. The van der Waals surface area contributed by atoms with Gasteiger partial charge in [-0.05, 0) is 24.3 Å². The lowest BCUT2D eigenvalue weighted by Crippen LogP contribution is -2.38. The van der Waals surface area contributed by atoms with Crippen molar-refractivity contribution in [2.45, 2.75) is 19.4 Å². The number of imidazole rings is 1. The van der Waals surface area contributed by atoms with E-state index in [0.29, 0.717) is 11.0 Å². The van der Waals surface area contributed by atoms with Crippen molar-refractivity contribution in [3.05, 3.63) is 54.2 Å². The molecule has 7 nitrogen and oxygen atoms in total. The van der Waals surface area contributed by atoms with Crippen LogP contribution in [0.25, 0.3) is 11.0 Å². The summed E-state index contributed by atoms with van der Waals surface area (Å²) in [6, 6.07) is 9.67. The second-order valence-corrected chi connectivity index (χ2v) is 5.97. The van der Waals surface area contributed by atoms with Gasteiger partial charge in [-0.15, -0.1) is 0 Å². The van der Waals surface area contributed by atoms with E-state index in [4.69, 9.17) is 4.42 Å². The van der Waals surface area contributed by atoms with E-state index < -0.39 is 24.3 Å². The van der Waals surface area contributed by atoms with E-state index in [2.05, 4.69) is 15.6 Å². The highest BCUT2D eigenvalue weighted by Gasteiger charge is 2.22. The highest BCUT2D eigenvalue weighted by molar-refractivity contribution is 5.94. The van der Waals surface area contributed by atoms with Gasteiger partial charge in [0, 0.05) is 12.5 Å². The number of carbonyl (C=O) groups excluding carboxylic acids is 2. The molecule has 0 radical (unpaired) electrons. The SMILES string of the molecule is C[C@@H](CNC(=O)CNC(=O)c1ccco1)c1nc2ccccc2n1C(F)F. The molecule has 0 spiro atoms. The molecular formula is C18H18F2N4O3. The van der Waals surface area contributed by atoms with Crippen molar-refractivity contribution in [3.63, 3.8) is 0 Å². The fourth-order valence-electron chi connectivity index (χ4n) is 2.69. The smallest absolute Gasteiger partial charge is 0.320 e. The van der Waals surface area contributed by atoms with Gasteiger partial charge in [0.15, 0.2) is 5.76 Å². The Bertz CT molecular complexity index is 937. The summed E-state index contributed by atoms with van der Waals surface area (Å²) in [4.78, 5) is 27.9. The minimum atomic E-state index is -2.74. The lowest BCUT2D eigenvalue weighted by atomic mass is 10.1. The summed E-state index contributed by atoms with van der Waals surface area (Å²) < 4.78 is 32.7. The normalized spacial score (nSPS) is 12.3. The van der Waals surface area contributed by atoms with Crippen molar-refractivity contribution in [1.82, 2.24) is 20.2 Å². The molecule has 1 atom stereocenters. The Morgan fingerprint density at radius 1 is 1.19 bits per heavy atom. The maximum Gasteiger partial charge on any atom is 0.320 e. The van der Waals surface area contributed by atoms with Gasteiger partial charge in [-0.1, -0.05) is 19.1 Å². The number of carbonyl (C=O) groups is 2. The van der Waals surface area contributed by atoms with Gasteiger partial charge in [0.1, 0.15) is 5.82 Å².